The lowest BCUT2D eigenvalue weighted by atomic mass is 10.1. The van der Waals surface area contributed by atoms with Gasteiger partial charge in [0.15, 0.2) is 0 Å². The topological polar surface area (TPSA) is 67.8 Å². The van der Waals surface area contributed by atoms with E-state index in [0.717, 1.165) is 19.3 Å². The minimum atomic E-state index is -0.924. The zero-order valence-electron chi connectivity index (χ0n) is 5.30. The number of rotatable bonds is 1. The minimum absolute atomic E-state index is 0.0926. The van der Waals surface area contributed by atoms with Crippen molar-refractivity contribution in [2.75, 3.05) is 0 Å². The average molecular weight is 129 g/mol. The maximum atomic E-state index is 10.3. The first-order valence-corrected chi connectivity index (χ1v) is 3.26. The lowest BCUT2D eigenvalue weighted by Gasteiger charge is -2.12. The lowest BCUT2D eigenvalue weighted by molar-refractivity contribution is -0.431. The summed E-state index contributed by atoms with van der Waals surface area (Å²) >= 11 is 0. The number of hydrogen-bond donors (Lipinski definition) is 1. The Morgan fingerprint density at radius 2 is 2.22 bits per heavy atom. The molecule has 0 unspecified atom stereocenters. The second-order valence-electron chi connectivity index (χ2n) is 2.62. The highest BCUT2D eigenvalue weighted by atomic mass is 16.4. The van der Waals surface area contributed by atoms with Gasteiger partial charge in [-0.3, -0.25) is 0 Å². The maximum Gasteiger partial charge on any atom is 0.0924 e. The van der Waals surface area contributed by atoms with Crippen LogP contribution in [0.4, 0.5) is 0 Å². The highest BCUT2D eigenvalue weighted by Crippen LogP contribution is 2.21. The Hall–Kier alpha value is -0.570. The molecule has 1 rings (SSSR count). The van der Waals surface area contributed by atoms with Crippen LogP contribution in [0.25, 0.3) is 0 Å². The molecule has 1 saturated carbocycles. The maximum absolute atomic E-state index is 10.3. The van der Waals surface area contributed by atoms with Gasteiger partial charge in [-0.25, -0.2) is 0 Å². The largest absolute Gasteiger partial charge is 0.550 e. The summed E-state index contributed by atoms with van der Waals surface area (Å²) in [5.74, 6) is -1.20. The van der Waals surface area contributed by atoms with Crippen molar-refractivity contribution >= 4 is 5.97 Å². The Bertz CT molecular complexity index is 124. The molecule has 0 aromatic heterocycles. The Labute approximate surface area is 53.9 Å². The number of carbonyl (C=O) groups is 1. The summed E-state index contributed by atoms with van der Waals surface area (Å²) in [4.78, 5) is 10.3. The molecule has 1 aliphatic carbocycles. The Kier molecular flexibility index (Phi) is 1.71. The molecule has 0 heterocycles. The van der Waals surface area contributed by atoms with Crippen molar-refractivity contribution in [2.45, 2.75) is 25.3 Å². The summed E-state index contributed by atoms with van der Waals surface area (Å²) < 4.78 is 0. The predicted octanol–water partition coefficient (Wildman–Crippen LogP) is -1.85. The highest BCUT2D eigenvalue weighted by Gasteiger charge is 2.27. The van der Waals surface area contributed by atoms with Gasteiger partial charge in [-0.15, -0.1) is 0 Å². The quantitative estimate of drug-likeness (QED) is 0.451. The van der Waals surface area contributed by atoms with Crippen LogP contribution in [0.2, 0.25) is 0 Å². The van der Waals surface area contributed by atoms with Crippen molar-refractivity contribution < 1.29 is 15.6 Å². The molecule has 0 spiro atoms. The zero-order chi connectivity index (χ0) is 6.85. The molecular weight excluding hydrogens is 118 g/mol. The third-order valence-electron chi connectivity index (χ3n) is 1.96. The van der Waals surface area contributed by atoms with Crippen molar-refractivity contribution in [3.05, 3.63) is 0 Å². The summed E-state index contributed by atoms with van der Waals surface area (Å²) in [6.07, 6.45) is 2.70. The Morgan fingerprint density at radius 1 is 1.56 bits per heavy atom. The predicted molar refractivity (Wildman–Crippen MR) is 29.0 cm³/mol. The molecular formula is C6H11NO2. The molecule has 9 heavy (non-hydrogen) atoms. The molecule has 0 aliphatic heterocycles. The van der Waals surface area contributed by atoms with Crippen LogP contribution in [-0.4, -0.2) is 12.0 Å². The zero-order valence-corrected chi connectivity index (χ0v) is 5.30. The van der Waals surface area contributed by atoms with E-state index in [1.807, 2.05) is 0 Å². The van der Waals surface area contributed by atoms with E-state index in [4.69, 9.17) is 0 Å². The molecule has 2 atom stereocenters. The molecule has 52 valence electrons. The summed E-state index contributed by atoms with van der Waals surface area (Å²) in [6, 6.07) is 0.0926. The van der Waals surface area contributed by atoms with Gasteiger partial charge in [0.2, 0.25) is 0 Å². The normalized spacial score (nSPS) is 34.8. The first-order chi connectivity index (χ1) is 4.22. The van der Waals surface area contributed by atoms with Crippen molar-refractivity contribution in [3.8, 4) is 0 Å². The number of carbonyl (C=O) groups excluding carboxylic acids is 1. The van der Waals surface area contributed by atoms with Gasteiger partial charge in [0.25, 0.3) is 0 Å². The van der Waals surface area contributed by atoms with Gasteiger partial charge >= 0.3 is 0 Å². The van der Waals surface area contributed by atoms with Crippen LogP contribution in [0.3, 0.4) is 0 Å². The number of carboxylic acid groups (broad SMARTS) is 1. The van der Waals surface area contributed by atoms with E-state index in [1.165, 1.54) is 0 Å². The standard InChI is InChI=1S/C6H11NO2/c7-5-3-1-2-4(5)6(8)9/h4-5H,1-3,7H2,(H,8,9)/t4-,5-/m1/s1. The molecule has 0 aromatic carbocycles. The third-order valence-corrected chi connectivity index (χ3v) is 1.96. The summed E-state index contributed by atoms with van der Waals surface area (Å²) in [7, 11) is 0. The monoisotopic (exact) mass is 129 g/mol. The molecule has 3 heteroatoms. The molecule has 0 bridgehead atoms. The summed E-state index contributed by atoms with van der Waals surface area (Å²) in [5.41, 5.74) is 3.72. The molecule has 1 fully saturated rings. The lowest BCUT2D eigenvalue weighted by Crippen LogP contribution is -2.64. The highest BCUT2D eigenvalue weighted by molar-refractivity contribution is 5.68. The van der Waals surface area contributed by atoms with Crippen molar-refractivity contribution in [2.24, 2.45) is 5.92 Å². The Morgan fingerprint density at radius 3 is 2.44 bits per heavy atom. The van der Waals surface area contributed by atoms with Crippen molar-refractivity contribution in [1.29, 1.82) is 0 Å². The summed E-state index contributed by atoms with van der Waals surface area (Å²) in [6.45, 7) is 0. The number of carboxylic acids is 1. The van der Waals surface area contributed by atoms with Crippen LogP contribution < -0.4 is 10.8 Å². The molecule has 0 amide bonds. The number of quaternary nitrogens is 1. The van der Waals surface area contributed by atoms with Crippen molar-refractivity contribution in [3.63, 3.8) is 0 Å². The average Bonchev–Trinajstić information content (AvgIpc) is 2.13. The Balaban J connectivity index is 2.49. The van der Waals surface area contributed by atoms with E-state index in [-0.39, 0.29) is 12.0 Å². The fourth-order valence-electron chi connectivity index (χ4n) is 1.35. The first kappa shape index (κ1) is 6.55. The fourth-order valence-corrected chi connectivity index (χ4v) is 1.35. The first-order valence-electron chi connectivity index (χ1n) is 3.26. The second-order valence-corrected chi connectivity index (χ2v) is 2.62. The van der Waals surface area contributed by atoms with Gasteiger partial charge in [-0.05, 0) is 19.3 Å². The van der Waals surface area contributed by atoms with Crippen LogP contribution in [0.1, 0.15) is 19.3 Å². The van der Waals surface area contributed by atoms with E-state index < -0.39 is 5.97 Å². The van der Waals surface area contributed by atoms with Gasteiger partial charge in [0, 0.05) is 0 Å². The van der Waals surface area contributed by atoms with E-state index in [1.54, 1.807) is 0 Å². The van der Waals surface area contributed by atoms with E-state index in [2.05, 4.69) is 5.73 Å². The number of aliphatic carboxylic acids is 1. The van der Waals surface area contributed by atoms with E-state index in [9.17, 15) is 9.90 Å². The van der Waals surface area contributed by atoms with Gasteiger partial charge in [-0.1, -0.05) is 0 Å². The van der Waals surface area contributed by atoms with Gasteiger partial charge in [0.1, 0.15) is 0 Å². The molecule has 1 aliphatic rings. The van der Waals surface area contributed by atoms with Crippen LogP contribution in [0.5, 0.6) is 0 Å². The minimum Gasteiger partial charge on any atom is -0.550 e. The fraction of sp³-hybridized carbons (Fsp3) is 0.833. The number of hydrogen-bond acceptors (Lipinski definition) is 2. The van der Waals surface area contributed by atoms with Gasteiger partial charge in [0.05, 0.1) is 17.9 Å². The molecule has 0 aromatic rings. The van der Waals surface area contributed by atoms with E-state index >= 15 is 0 Å². The molecule has 0 saturated heterocycles. The van der Waals surface area contributed by atoms with Gasteiger partial charge in [-0.2, -0.15) is 0 Å². The summed E-state index contributed by atoms with van der Waals surface area (Å²) in [5, 5.41) is 10.3. The molecule has 3 nitrogen and oxygen atoms in total. The van der Waals surface area contributed by atoms with Crippen LogP contribution in [0.15, 0.2) is 0 Å². The second kappa shape index (κ2) is 2.35. The smallest absolute Gasteiger partial charge is 0.0924 e. The van der Waals surface area contributed by atoms with Crippen LogP contribution in [0, 0.1) is 5.92 Å². The van der Waals surface area contributed by atoms with Crippen molar-refractivity contribution in [1.82, 2.24) is 0 Å². The van der Waals surface area contributed by atoms with E-state index in [0.29, 0.717) is 0 Å². The third kappa shape index (κ3) is 1.21. The van der Waals surface area contributed by atoms with Gasteiger partial charge < -0.3 is 15.6 Å². The SMILES string of the molecule is [NH3+][C@@H]1CCC[C@H]1C(=O)[O-]. The van der Waals surface area contributed by atoms with Crippen LogP contribution in [-0.2, 0) is 4.79 Å². The van der Waals surface area contributed by atoms with Crippen LogP contribution >= 0.6 is 0 Å². The molecule has 0 radical (unpaired) electrons. The molecule has 3 N–H and O–H groups in total.